The van der Waals surface area contributed by atoms with Gasteiger partial charge in [0, 0.05) is 17.4 Å². The van der Waals surface area contributed by atoms with E-state index >= 15 is 0 Å². The molecule has 0 saturated carbocycles. The molecule has 0 aromatic heterocycles. The van der Waals surface area contributed by atoms with Crippen LogP contribution in [0.15, 0.2) is 24.3 Å². The first-order chi connectivity index (χ1) is 10.8. The maximum atomic E-state index is 11.8. The smallest absolute Gasteiger partial charge is 0.316 e. The summed E-state index contributed by atoms with van der Waals surface area (Å²) in [5.74, 6) is -0.118. The van der Waals surface area contributed by atoms with Crippen LogP contribution in [0.2, 0.25) is 0 Å². The third-order valence-corrected chi connectivity index (χ3v) is 6.74. The number of nitro groups is 1. The standard InChI is InChI=1S/C14H17NO6S2/c1-10(11-3-2-4-12(7-11)15(17)18)21-14(16)8-22-13-5-6-23(19,20)9-13/h2-4,7,10,13H,5-6,8-9H2,1H3/t10-,13+/m0/s1. The molecule has 0 N–H and O–H groups in total. The number of non-ortho nitro benzene ring substituents is 1. The van der Waals surface area contributed by atoms with Crippen LogP contribution in [0.1, 0.15) is 25.0 Å². The molecule has 1 aliphatic heterocycles. The minimum atomic E-state index is -2.96. The number of benzene rings is 1. The summed E-state index contributed by atoms with van der Waals surface area (Å²) in [6.07, 6.45) is -0.0453. The Kier molecular flexibility index (Phi) is 5.64. The van der Waals surface area contributed by atoms with E-state index in [2.05, 4.69) is 0 Å². The van der Waals surface area contributed by atoms with Crippen molar-refractivity contribution in [3.05, 3.63) is 39.9 Å². The molecule has 126 valence electrons. The summed E-state index contributed by atoms with van der Waals surface area (Å²) in [6, 6.07) is 5.93. The molecule has 9 heteroatoms. The van der Waals surface area contributed by atoms with Crippen molar-refractivity contribution in [1.82, 2.24) is 0 Å². The molecule has 0 spiro atoms. The number of nitrogens with zero attached hydrogens (tertiary/aromatic N) is 1. The number of sulfone groups is 1. The van der Waals surface area contributed by atoms with Gasteiger partial charge in [-0.3, -0.25) is 14.9 Å². The fourth-order valence-electron chi connectivity index (χ4n) is 2.27. The second-order valence-corrected chi connectivity index (χ2v) is 8.84. The number of thioether (sulfide) groups is 1. The van der Waals surface area contributed by atoms with Gasteiger partial charge in [-0.25, -0.2) is 8.42 Å². The Hall–Kier alpha value is -1.61. The maximum Gasteiger partial charge on any atom is 0.316 e. The summed E-state index contributed by atoms with van der Waals surface area (Å²) in [5, 5.41) is 10.7. The lowest BCUT2D eigenvalue weighted by molar-refractivity contribution is -0.385. The van der Waals surface area contributed by atoms with Crippen LogP contribution in [-0.2, 0) is 19.4 Å². The highest BCUT2D eigenvalue weighted by Gasteiger charge is 2.29. The molecule has 2 atom stereocenters. The van der Waals surface area contributed by atoms with Gasteiger partial charge in [0.25, 0.3) is 5.69 Å². The van der Waals surface area contributed by atoms with Crippen LogP contribution < -0.4 is 0 Å². The molecule has 7 nitrogen and oxygen atoms in total. The third-order valence-electron chi connectivity index (χ3n) is 3.49. The van der Waals surface area contributed by atoms with Crippen molar-refractivity contribution in [3.8, 4) is 0 Å². The maximum absolute atomic E-state index is 11.8. The van der Waals surface area contributed by atoms with Crippen LogP contribution in [0.25, 0.3) is 0 Å². The summed E-state index contributed by atoms with van der Waals surface area (Å²) in [5.41, 5.74) is 0.483. The molecule has 0 amide bonds. The topological polar surface area (TPSA) is 104 Å². The molecular formula is C14H17NO6S2. The van der Waals surface area contributed by atoms with E-state index in [4.69, 9.17) is 4.74 Å². The average molecular weight is 359 g/mol. The van der Waals surface area contributed by atoms with E-state index in [1.807, 2.05) is 0 Å². The molecule has 1 saturated heterocycles. The van der Waals surface area contributed by atoms with E-state index in [9.17, 15) is 23.3 Å². The molecule has 1 aromatic rings. The SMILES string of the molecule is C[C@H](OC(=O)CS[C@@H]1CCS(=O)(=O)C1)c1cccc([N+](=O)[O-])c1. The first-order valence-corrected chi connectivity index (χ1v) is 9.90. The fourth-order valence-corrected chi connectivity index (χ4v) is 5.69. The quantitative estimate of drug-likeness (QED) is 0.435. The van der Waals surface area contributed by atoms with Gasteiger partial charge in [0.1, 0.15) is 6.10 Å². The van der Waals surface area contributed by atoms with Crippen molar-refractivity contribution in [2.75, 3.05) is 17.3 Å². The first kappa shape index (κ1) is 17.7. The normalized spacial score (nSPS) is 20.8. The summed E-state index contributed by atoms with van der Waals surface area (Å²) < 4.78 is 28.0. The zero-order chi connectivity index (χ0) is 17.0. The lowest BCUT2D eigenvalue weighted by Crippen LogP contribution is -2.14. The van der Waals surface area contributed by atoms with Gasteiger partial charge in [0.2, 0.25) is 0 Å². The van der Waals surface area contributed by atoms with Crippen molar-refractivity contribution < 1.29 is 22.9 Å². The van der Waals surface area contributed by atoms with Gasteiger partial charge in [-0.05, 0) is 18.9 Å². The van der Waals surface area contributed by atoms with Crippen LogP contribution in [0.3, 0.4) is 0 Å². The van der Waals surface area contributed by atoms with Crippen LogP contribution in [0.5, 0.6) is 0 Å². The summed E-state index contributed by atoms with van der Waals surface area (Å²) >= 11 is 1.28. The van der Waals surface area contributed by atoms with E-state index in [1.54, 1.807) is 13.0 Å². The molecule has 0 radical (unpaired) electrons. The Morgan fingerprint density at radius 3 is 2.87 bits per heavy atom. The number of carbonyl (C=O) groups excluding carboxylic acids is 1. The molecule has 23 heavy (non-hydrogen) atoms. The van der Waals surface area contributed by atoms with Gasteiger partial charge in [-0.1, -0.05) is 12.1 Å². The Morgan fingerprint density at radius 1 is 1.52 bits per heavy atom. The number of nitro benzene ring substituents is 1. The van der Waals surface area contributed by atoms with Crippen molar-refractivity contribution in [1.29, 1.82) is 0 Å². The summed E-state index contributed by atoms with van der Waals surface area (Å²) in [6.45, 7) is 1.64. The molecule has 0 unspecified atom stereocenters. The van der Waals surface area contributed by atoms with E-state index in [-0.39, 0.29) is 28.2 Å². The Balaban J connectivity index is 1.85. The van der Waals surface area contributed by atoms with E-state index in [1.165, 1.54) is 30.0 Å². The summed E-state index contributed by atoms with van der Waals surface area (Å²) in [7, 11) is -2.96. The van der Waals surface area contributed by atoms with Gasteiger partial charge in [-0.15, -0.1) is 11.8 Å². The van der Waals surface area contributed by atoms with E-state index in [0.29, 0.717) is 12.0 Å². The molecule has 1 heterocycles. The first-order valence-electron chi connectivity index (χ1n) is 7.03. The van der Waals surface area contributed by atoms with E-state index in [0.717, 1.165) is 0 Å². The van der Waals surface area contributed by atoms with Gasteiger partial charge < -0.3 is 4.74 Å². The fraction of sp³-hybridized carbons (Fsp3) is 0.500. The van der Waals surface area contributed by atoms with Crippen LogP contribution in [-0.4, -0.2) is 41.8 Å². The zero-order valence-electron chi connectivity index (χ0n) is 12.5. The van der Waals surface area contributed by atoms with Gasteiger partial charge >= 0.3 is 5.97 Å². The Labute approximate surface area is 138 Å². The zero-order valence-corrected chi connectivity index (χ0v) is 14.1. The van der Waals surface area contributed by atoms with Crippen molar-refractivity contribution >= 4 is 33.3 Å². The van der Waals surface area contributed by atoms with Crippen LogP contribution in [0, 0.1) is 10.1 Å². The minimum absolute atomic E-state index is 0.0593. The number of hydrogen-bond donors (Lipinski definition) is 0. The van der Waals surface area contributed by atoms with Gasteiger partial charge in [0.15, 0.2) is 9.84 Å². The number of esters is 1. The third kappa shape index (κ3) is 5.21. The number of rotatable bonds is 6. The van der Waals surface area contributed by atoms with Crippen LogP contribution in [0.4, 0.5) is 5.69 Å². The monoisotopic (exact) mass is 359 g/mol. The highest BCUT2D eigenvalue weighted by molar-refractivity contribution is 8.02. The van der Waals surface area contributed by atoms with Crippen molar-refractivity contribution in [3.63, 3.8) is 0 Å². The summed E-state index contributed by atoms with van der Waals surface area (Å²) in [4.78, 5) is 22.1. The Bertz CT molecular complexity index is 703. The molecular weight excluding hydrogens is 342 g/mol. The second-order valence-electron chi connectivity index (χ2n) is 5.32. The molecule has 2 rings (SSSR count). The van der Waals surface area contributed by atoms with Crippen LogP contribution >= 0.6 is 11.8 Å². The Morgan fingerprint density at radius 2 is 2.26 bits per heavy atom. The molecule has 0 bridgehead atoms. The lowest BCUT2D eigenvalue weighted by atomic mass is 10.1. The molecule has 1 fully saturated rings. The van der Waals surface area contributed by atoms with Gasteiger partial charge in [0.05, 0.1) is 22.2 Å². The van der Waals surface area contributed by atoms with Gasteiger partial charge in [-0.2, -0.15) is 0 Å². The highest BCUT2D eigenvalue weighted by atomic mass is 32.2. The number of hydrogen-bond acceptors (Lipinski definition) is 7. The molecule has 1 aliphatic rings. The predicted octanol–water partition coefficient (Wildman–Crippen LogP) is 2.12. The largest absolute Gasteiger partial charge is 0.457 e. The predicted molar refractivity (Wildman–Crippen MR) is 87.1 cm³/mol. The minimum Gasteiger partial charge on any atom is -0.457 e. The van der Waals surface area contributed by atoms with Crippen molar-refractivity contribution in [2.45, 2.75) is 24.7 Å². The lowest BCUT2D eigenvalue weighted by Gasteiger charge is -2.14. The highest BCUT2D eigenvalue weighted by Crippen LogP contribution is 2.26. The number of carbonyl (C=O) groups is 1. The van der Waals surface area contributed by atoms with Crippen molar-refractivity contribution in [2.24, 2.45) is 0 Å². The average Bonchev–Trinajstić information content (AvgIpc) is 2.84. The van der Waals surface area contributed by atoms with E-state index < -0.39 is 26.8 Å². The molecule has 0 aliphatic carbocycles. The molecule has 1 aromatic carbocycles. The second kappa shape index (κ2) is 7.31. The number of ether oxygens (including phenoxy) is 1.